The maximum atomic E-state index is 12.0. The predicted octanol–water partition coefficient (Wildman–Crippen LogP) is 2.61. The molecule has 5 fully saturated rings. The highest BCUT2D eigenvalue weighted by Gasteiger charge is 2.51. The molecule has 1 saturated heterocycles. The maximum Gasteiger partial charge on any atom is 0.310 e. The molecule has 4 aliphatic carbocycles. The molecule has 0 aromatic heterocycles. The van der Waals surface area contributed by atoms with Crippen LogP contribution in [-0.4, -0.2) is 60.5 Å². The summed E-state index contributed by atoms with van der Waals surface area (Å²) in [5.41, 5.74) is 0.0606. The number of β-amino-alcohol motifs (C(OH)–C–C–N with tert-alkyl or cyclic N) is 1. The standard InChI is InChI=1S/C21H35NO4/c1-2-25-20(24)18-4-3-5-22(12-18)13-19(23)14-26-21-9-15-6-16(10-21)8-17(7-15)11-21/h15-19,23H,2-14H2,1H3/t15?,16?,17?,18-,19-,21?/m1/s1. The summed E-state index contributed by atoms with van der Waals surface area (Å²) in [6.07, 6.45) is 9.28. The molecule has 5 aliphatic rings. The molecular weight excluding hydrogens is 330 g/mol. The van der Waals surface area contributed by atoms with Gasteiger partial charge in [0.2, 0.25) is 0 Å². The molecule has 148 valence electrons. The van der Waals surface area contributed by atoms with Crippen molar-refractivity contribution in [2.75, 3.05) is 32.8 Å². The van der Waals surface area contributed by atoms with Crippen LogP contribution in [0.3, 0.4) is 0 Å². The van der Waals surface area contributed by atoms with Gasteiger partial charge in [-0.2, -0.15) is 0 Å². The van der Waals surface area contributed by atoms with Crippen LogP contribution in [0.15, 0.2) is 0 Å². The van der Waals surface area contributed by atoms with Crippen LogP contribution in [0, 0.1) is 23.7 Å². The van der Waals surface area contributed by atoms with Gasteiger partial charge in [0.1, 0.15) is 0 Å². The fourth-order valence-corrected chi connectivity index (χ4v) is 6.51. The minimum atomic E-state index is -0.469. The zero-order chi connectivity index (χ0) is 18.1. The smallest absolute Gasteiger partial charge is 0.310 e. The maximum absolute atomic E-state index is 12.0. The molecule has 1 N–H and O–H groups in total. The Morgan fingerprint density at radius 1 is 1.19 bits per heavy atom. The zero-order valence-electron chi connectivity index (χ0n) is 16.2. The summed E-state index contributed by atoms with van der Waals surface area (Å²) in [4.78, 5) is 14.2. The van der Waals surface area contributed by atoms with Gasteiger partial charge >= 0.3 is 5.97 Å². The predicted molar refractivity (Wildman–Crippen MR) is 98.7 cm³/mol. The summed E-state index contributed by atoms with van der Waals surface area (Å²) in [6, 6.07) is 0. The first-order valence-electron chi connectivity index (χ1n) is 10.8. The van der Waals surface area contributed by atoms with Crippen LogP contribution in [0.1, 0.15) is 58.3 Å². The van der Waals surface area contributed by atoms with E-state index in [1.54, 1.807) is 0 Å². The lowest BCUT2D eigenvalue weighted by atomic mass is 9.54. The number of nitrogens with zero attached hydrogens (tertiary/aromatic N) is 1. The average Bonchev–Trinajstić information content (AvgIpc) is 2.59. The number of carbonyl (C=O) groups excluding carboxylic acids is 1. The Morgan fingerprint density at radius 3 is 2.46 bits per heavy atom. The van der Waals surface area contributed by atoms with Crippen molar-refractivity contribution in [3.05, 3.63) is 0 Å². The SMILES string of the molecule is CCOC(=O)[C@@H]1CCCN(C[C@@H](O)COC23CC4CC(CC(C4)C2)C3)C1. The normalized spacial score (nSPS) is 40.5. The van der Waals surface area contributed by atoms with E-state index in [0.717, 1.165) is 37.1 Å². The van der Waals surface area contributed by atoms with Gasteiger partial charge in [0.05, 0.1) is 30.8 Å². The van der Waals surface area contributed by atoms with Crippen molar-refractivity contribution >= 4 is 5.97 Å². The van der Waals surface area contributed by atoms with Crippen LogP contribution in [-0.2, 0) is 14.3 Å². The molecule has 0 aromatic rings. The molecule has 0 unspecified atom stereocenters. The lowest BCUT2D eigenvalue weighted by Crippen LogP contribution is -2.53. The number of esters is 1. The first kappa shape index (κ1) is 18.7. The lowest BCUT2D eigenvalue weighted by molar-refractivity contribution is -0.176. The van der Waals surface area contributed by atoms with E-state index in [1.807, 2.05) is 6.92 Å². The molecule has 5 heteroatoms. The van der Waals surface area contributed by atoms with Gasteiger partial charge in [-0.15, -0.1) is 0 Å². The molecule has 2 atom stereocenters. The fourth-order valence-electron chi connectivity index (χ4n) is 6.51. The number of piperidine rings is 1. The van der Waals surface area contributed by atoms with E-state index in [0.29, 0.717) is 26.3 Å². The van der Waals surface area contributed by atoms with Crippen LogP contribution >= 0.6 is 0 Å². The van der Waals surface area contributed by atoms with Crippen molar-refractivity contribution < 1.29 is 19.4 Å². The Morgan fingerprint density at radius 2 is 1.85 bits per heavy atom. The quantitative estimate of drug-likeness (QED) is 0.703. The van der Waals surface area contributed by atoms with Crippen molar-refractivity contribution in [3.8, 4) is 0 Å². The van der Waals surface area contributed by atoms with E-state index in [1.165, 1.54) is 38.5 Å². The van der Waals surface area contributed by atoms with Gasteiger partial charge in [-0.1, -0.05) is 0 Å². The molecule has 5 rings (SSSR count). The largest absolute Gasteiger partial charge is 0.466 e. The number of likely N-dealkylation sites (tertiary alicyclic amines) is 1. The lowest BCUT2D eigenvalue weighted by Gasteiger charge is -2.56. The van der Waals surface area contributed by atoms with Gasteiger partial charge in [0, 0.05) is 13.1 Å². The Balaban J connectivity index is 1.24. The third-order valence-corrected chi connectivity index (χ3v) is 7.16. The number of ether oxygens (including phenoxy) is 2. The molecule has 26 heavy (non-hydrogen) atoms. The second kappa shape index (κ2) is 7.76. The van der Waals surface area contributed by atoms with Crippen LogP contribution in [0.2, 0.25) is 0 Å². The van der Waals surface area contributed by atoms with Gasteiger partial charge in [-0.05, 0) is 82.6 Å². The third kappa shape index (κ3) is 4.10. The van der Waals surface area contributed by atoms with Crippen LogP contribution in [0.4, 0.5) is 0 Å². The van der Waals surface area contributed by atoms with E-state index in [4.69, 9.17) is 9.47 Å². The summed E-state index contributed by atoms with van der Waals surface area (Å²) < 4.78 is 11.6. The number of hydrogen-bond acceptors (Lipinski definition) is 5. The highest BCUT2D eigenvalue weighted by Crippen LogP contribution is 2.57. The van der Waals surface area contributed by atoms with Crippen molar-refractivity contribution in [2.45, 2.75) is 70.0 Å². The molecule has 0 spiro atoms. The van der Waals surface area contributed by atoms with Crippen molar-refractivity contribution in [2.24, 2.45) is 23.7 Å². The monoisotopic (exact) mass is 365 g/mol. The molecule has 0 aromatic carbocycles. The van der Waals surface area contributed by atoms with Crippen LogP contribution in [0.5, 0.6) is 0 Å². The van der Waals surface area contributed by atoms with Crippen molar-refractivity contribution in [1.29, 1.82) is 0 Å². The Kier molecular flexibility index (Phi) is 5.58. The second-order valence-corrected chi connectivity index (χ2v) is 9.42. The Bertz CT molecular complexity index is 473. The second-order valence-electron chi connectivity index (χ2n) is 9.42. The molecule has 1 aliphatic heterocycles. The minimum Gasteiger partial charge on any atom is -0.466 e. The highest BCUT2D eigenvalue weighted by atomic mass is 16.5. The third-order valence-electron chi connectivity index (χ3n) is 7.16. The van der Waals surface area contributed by atoms with Crippen LogP contribution in [0.25, 0.3) is 0 Å². The summed E-state index contributed by atoms with van der Waals surface area (Å²) in [5, 5.41) is 10.5. The van der Waals surface area contributed by atoms with E-state index in [-0.39, 0.29) is 17.5 Å². The summed E-state index contributed by atoms with van der Waals surface area (Å²) in [5.74, 6) is 2.47. The zero-order valence-corrected chi connectivity index (χ0v) is 16.2. The van der Waals surface area contributed by atoms with Gasteiger partial charge in [-0.3, -0.25) is 9.69 Å². The summed E-state index contributed by atoms with van der Waals surface area (Å²) >= 11 is 0. The van der Waals surface area contributed by atoms with Crippen molar-refractivity contribution in [1.82, 2.24) is 4.90 Å². The molecule has 5 nitrogen and oxygen atoms in total. The van der Waals surface area contributed by atoms with E-state index in [9.17, 15) is 9.90 Å². The number of hydrogen-bond donors (Lipinski definition) is 1. The van der Waals surface area contributed by atoms with Gasteiger partial charge in [0.25, 0.3) is 0 Å². The Labute approximate surface area is 157 Å². The van der Waals surface area contributed by atoms with E-state index in [2.05, 4.69) is 4.90 Å². The first-order valence-corrected chi connectivity index (χ1v) is 10.8. The van der Waals surface area contributed by atoms with E-state index >= 15 is 0 Å². The molecular formula is C21H35NO4. The molecule has 0 amide bonds. The molecule has 0 radical (unpaired) electrons. The Hall–Kier alpha value is -0.650. The van der Waals surface area contributed by atoms with E-state index < -0.39 is 6.10 Å². The summed E-state index contributed by atoms with van der Waals surface area (Å²) in [7, 11) is 0. The van der Waals surface area contributed by atoms with Gasteiger partial charge in [-0.25, -0.2) is 0 Å². The van der Waals surface area contributed by atoms with Crippen molar-refractivity contribution in [3.63, 3.8) is 0 Å². The van der Waals surface area contributed by atoms with Gasteiger partial charge < -0.3 is 14.6 Å². The molecule has 4 saturated carbocycles. The number of aliphatic hydroxyl groups excluding tert-OH is 1. The molecule has 4 bridgehead atoms. The fraction of sp³-hybridized carbons (Fsp3) is 0.952. The topological polar surface area (TPSA) is 59.0 Å². The number of carbonyl (C=O) groups is 1. The molecule has 1 heterocycles. The van der Waals surface area contributed by atoms with Crippen LogP contribution < -0.4 is 0 Å². The average molecular weight is 366 g/mol. The first-order chi connectivity index (χ1) is 12.5. The minimum absolute atomic E-state index is 0.0417. The number of aliphatic hydroxyl groups is 1. The van der Waals surface area contributed by atoms with Gasteiger partial charge in [0.15, 0.2) is 0 Å². The number of rotatable bonds is 7. The highest BCUT2D eigenvalue weighted by molar-refractivity contribution is 5.72. The summed E-state index contributed by atoms with van der Waals surface area (Å²) in [6.45, 7) is 4.98.